The minimum Gasteiger partial charge on any atom is -0.394 e. The van der Waals surface area contributed by atoms with Crippen LogP contribution in [0.25, 0.3) is 0 Å². The molecule has 0 bridgehead atoms. The van der Waals surface area contributed by atoms with Crippen molar-refractivity contribution in [1.82, 2.24) is 5.32 Å². The average Bonchev–Trinajstić information content (AvgIpc) is 3.34. The Morgan fingerprint density at radius 1 is 0.456 bits per heavy atom. The van der Waals surface area contributed by atoms with Crippen molar-refractivity contribution in [2.24, 2.45) is 0 Å². The third-order valence-corrected chi connectivity index (χ3v) is 14.8. The molecule has 1 fully saturated rings. The van der Waals surface area contributed by atoms with Crippen LogP contribution in [0, 0.1) is 0 Å². The topological polar surface area (TPSA) is 169 Å². The monoisotopic (exact) mass is 970 g/mol. The second-order valence-electron chi connectivity index (χ2n) is 21.3. The quantitative estimate of drug-likeness (QED) is 0.0293. The largest absolute Gasteiger partial charge is 0.394 e. The van der Waals surface area contributed by atoms with Gasteiger partial charge in [-0.1, -0.05) is 284 Å². The lowest BCUT2D eigenvalue weighted by molar-refractivity contribution is -0.303. The Labute approximate surface area is 419 Å². The molecule has 1 aliphatic rings. The average molecular weight is 971 g/mol. The van der Waals surface area contributed by atoms with Crippen LogP contribution in [-0.2, 0) is 14.3 Å². The minimum atomic E-state index is -1.60. The van der Waals surface area contributed by atoms with E-state index in [4.69, 9.17) is 9.47 Å². The molecule has 1 saturated heterocycles. The molecule has 0 aromatic carbocycles. The zero-order chi connectivity index (χ0) is 49.6. The van der Waals surface area contributed by atoms with Crippen molar-refractivity contribution in [3.8, 4) is 0 Å². The summed E-state index contributed by atoms with van der Waals surface area (Å²) in [6.45, 7) is 3.64. The van der Waals surface area contributed by atoms with Gasteiger partial charge in [0.25, 0.3) is 0 Å². The summed E-state index contributed by atoms with van der Waals surface area (Å²) in [7, 11) is 0. The molecule has 1 aliphatic heterocycles. The molecule has 0 spiro atoms. The van der Waals surface area contributed by atoms with Crippen LogP contribution >= 0.6 is 0 Å². The van der Waals surface area contributed by atoms with Crippen LogP contribution in [0.4, 0.5) is 0 Å². The minimum absolute atomic E-state index is 0.251. The number of aliphatic hydroxyl groups is 6. The van der Waals surface area contributed by atoms with E-state index < -0.39 is 55.6 Å². The molecule has 0 radical (unpaired) electrons. The number of hydrogen-bond donors (Lipinski definition) is 7. The van der Waals surface area contributed by atoms with E-state index in [1.54, 1.807) is 0 Å². The van der Waals surface area contributed by atoms with Gasteiger partial charge in [-0.15, -0.1) is 0 Å². The lowest BCUT2D eigenvalue weighted by atomic mass is 9.98. The second kappa shape index (κ2) is 48.4. The van der Waals surface area contributed by atoms with E-state index in [1.165, 1.54) is 231 Å². The summed E-state index contributed by atoms with van der Waals surface area (Å²) in [5, 5.41) is 65.4. The van der Waals surface area contributed by atoms with Gasteiger partial charge in [0.15, 0.2) is 6.29 Å². The van der Waals surface area contributed by atoms with Crippen LogP contribution in [0.3, 0.4) is 0 Å². The fraction of sp³-hybridized carbons (Fsp3) is 0.983. The molecular formula is C58H115NO9. The van der Waals surface area contributed by atoms with Gasteiger partial charge in [-0.2, -0.15) is 0 Å². The number of aliphatic hydroxyl groups excluding tert-OH is 6. The van der Waals surface area contributed by atoms with Crippen molar-refractivity contribution in [3.05, 3.63) is 0 Å². The third kappa shape index (κ3) is 37.0. The number of carbonyl (C=O) groups is 1. The van der Waals surface area contributed by atoms with E-state index >= 15 is 0 Å². The van der Waals surface area contributed by atoms with Crippen LogP contribution in [0.5, 0.6) is 0 Å². The number of amides is 1. The van der Waals surface area contributed by atoms with Crippen LogP contribution in [0.2, 0.25) is 0 Å². The molecule has 10 nitrogen and oxygen atoms in total. The smallest absolute Gasteiger partial charge is 0.220 e. The van der Waals surface area contributed by atoms with Gasteiger partial charge < -0.3 is 45.4 Å². The molecule has 0 aromatic heterocycles. The maximum absolute atomic E-state index is 13.1. The highest BCUT2D eigenvalue weighted by Gasteiger charge is 2.44. The Morgan fingerprint density at radius 2 is 0.765 bits per heavy atom. The number of hydrogen-bond acceptors (Lipinski definition) is 9. The Hall–Kier alpha value is -0.850. The lowest BCUT2D eigenvalue weighted by Crippen LogP contribution is -2.60. The molecule has 0 saturated carbocycles. The van der Waals surface area contributed by atoms with E-state index in [0.29, 0.717) is 6.42 Å². The highest BCUT2D eigenvalue weighted by molar-refractivity contribution is 5.76. The molecule has 2 unspecified atom stereocenters. The van der Waals surface area contributed by atoms with Gasteiger partial charge in [-0.05, 0) is 12.8 Å². The van der Waals surface area contributed by atoms with E-state index in [0.717, 1.165) is 44.9 Å². The number of ether oxygens (including phenoxy) is 2. The molecule has 8 atom stereocenters. The Balaban J connectivity index is 2.11. The van der Waals surface area contributed by atoms with Gasteiger partial charge in [0.05, 0.1) is 25.4 Å². The first-order valence-corrected chi connectivity index (χ1v) is 29.8. The Morgan fingerprint density at radius 3 is 1.09 bits per heavy atom. The van der Waals surface area contributed by atoms with E-state index in [2.05, 4.69) is 19.2 Å². The summed E-state index contributed by atoms with van der Waals surface area (Å²) >= 11 is 0. The van der Waals surface area contributed by atoms with Crippen LogP contribution < -0.4 is 5.32 Å². The molecule has 7 N–H and O–H groups in total. The molecule has 1 rings (SSSR count). The highest BCUT2D eigenvalue weighted by Crippen LogP contribution is 2.24. The van der Waals surface area contributed by atoms with E-state index in [9.17, 15) is 35.4 Å². The van der Waals surface area contributed by atoms with Gasteiger partial charge in [-0.25, -0.2) is 0 Å². The second-order valence-corrected chi connectivity index (χ2v) is 21.3. The summed E-state index contributed by atoms with van der Waals surface area (Å²) < 4.78 is 11.2. The Bertz CT molecular complexity index is 1050. The normalized spacial score (nSPS) is 19.9. The summed E-state index contributed by atoms with van der Waals surface area (Å²) in [4.78, 5) is 13.1. The first kappa shape index (κ1) is 65.2. The van der Waals surface area contributed by atoms with Gasteiger partial charge in [-0.3, -0.25) is 4.79 Å². The molecular weight excluding hydrogens is 855 g/mol. The zero-order valence-electron chi connectivity index (χ0n) is 44.8. The maximum atomic E-state index is 13.1. The summed E-state index contributed by atoms with van der Waals surface area (Å²) in [6, 6.07) is -0.985. The summed E-state index contributed by atoms with van der Waals surface area (Å²) in [6.07, 6.45) is 47.3. The van der Waals surface area contributed by atoms with Gasteiger partial charge >= 0.3 is 0 Å². The van der Waals surface area contributed by atoms with Crippen LogP contribution in [0.15, 0.2) is 0 Å². The fourth-order valence-electron chi connectivity index (χ4n) is 10.0. The highest BCUT2D eigenvalue weighted by atomic mass is 16.7. The molecule has 0 aromatic rings. The molecule has 406 valence electrons. The van der Waals surface area contributed by atoms with Crippen molar-refractivity contribution in [2.75, 3.05) is 13.2 Å². The number of unbranched alkanes of at least 4 members (excludes halogenated alkanes) is 41. The van der Waals surface area contributed by atoms with Crippen molar-refractivity contribution < 1.29 is 44.9 Å². The first-order valence-electron chi connectivity index (χ1n) is 29.8. The maximum Gasteiger partial charge on any atom is 0.220 e. The summed E-state index contributed by atoms with van der Waals surface area (Å²) in [5.41, 5.74) is 0. The van der Waals surface area contributed by atoms with Crippen LogP contribution in [0.1, 0.15) is 303 Å². The van der Waals surface area contributed by atoms with Crippen molar-refractivity contribution in [2.45, 2.75) is 352 Å². The number of carbonyl (C=O) groups excluding carboxylic acids is 1. The Kier molecular flexibility index (Phi) is 46.4. The molecule has 1 heterocycles. The zero-order valence-corrected chi connectivity index (χ0v) is 44.8. The molecule has 1 amide bonds. The SMILES string of the molecule is CCCCCCCCCCCCCCCCCCCCCCCCCCCCCCCCCCC(=O)N[C@@H](CO[C@@H]1O[C@H](CO)[C@H](O)C(O)C1O)[C@H](O)[C@H](O)CCCCCCCCCCCCC. The van der Waals surface area contributed by atoms with Crippen molar-refractivity contribution >= 4 is 5.91 Å². The van der Waals surface area contributed by atoms with Crippen molar-refractivity contribution in [1.29, 1.82) is 0 Å². The molecule has 0 aliphatic carbocycles. The van der Waals surface area contributed by atoms with Gasteiger partial charge in [0.1, 0.15) is 30.5 Å². The standard InChI is InChI=1S/C58H115NO9/c1-3-5-7-9-11-13-15-16-17-18-19-20-21-22-23-24-25-26-27-28-29-30-31-32-33-34-35-37-39-41-43-45-47-53(62)59-50(49-67-58-57(66)56(65)55(64)52(48-60)68-58)54(63)51(61)46-44-42-40-38-36-14-12-10-8-6-4-2/h50-52,54-58,60-61,63-66H,3-49H2,1-2H3,(H,59,62)/t50-,51+,52+,54-,55-,56?,57?,58+/m0/s1. The predicted octanol–water partition coefficient (Wildman–Crippen LogP) is 13.6. The van der Waals surface area contributed by atoms with Gasteiger partial charge in [0, 0.05) is 6.42 Å². The number of nitrogens with one attached hydrogen (secondary N) is 1. The lowest BCUT2D eigenvalue weighted by Gasteiger charge is -2.40. The first-order chi connectivity index (χ1) is 33.3. The molecule has 10 heteroatoms. The summed E-state index contributed by atoms with van der Waals surface area (Å²) in [5.74, 6) is -0.251. The van der Waals surface area contributed by atoms with Gasteiger partial charge in [0.2, 0.25) is 5.91 Å². The van der Waals surface area contributed by atoms with Crippen LogP contribution in [-0.4, -0.2) is 98.7 Å². The predicted molar refractivity (Wildman–Crippen MR) is 283 cm³/mol. The fourth-order valence-corrected chi connectivity index (χ4v) is 10.0. The molecule has 68 heavy (non-hydrogen) atoms. The number of rotatable bonds is 52. The van der Waals surface area contributed by atoms with E-state index in [1.807, 2.05) is 0 Å². The third-order valence-electron chi connectivity index (χ3n) is 14.8. The van der Waals surface area contributed by atoms with E-state index in [-0.39, 0.29) is 18.9 Å². The van der Waals surface area contributed by atoms with Crippen molar-refractivity contribution in [3.63, 3.8) is 0 Å².